The second-order valence-corrected chi connectivity index (χ2v) is 4.22. The first-order chi connectivity index (χ1) is 7.82. The van der Waals surface area contributed by atoms with Crippen LogP contribution in [0, 0.1) is 5.92 Å². The van der Waals surface area contributed by atoms with E-state index in [4.69, 9.17) is 9.84 Å². The molecule has 0 heterocycles. The molecule has 0 radical (unpaired) electrons. The quantitative estimate of drug-likeness (QED) is 0.675. The van der Waals surface area contributed by atoms with Crippen molar-refractivity contribution < 1.29 is 27.8 Å². The molecular formula is C10H16F3NO3. The fraction of sp³-hybridized carbons (Fsp3) is 0.900. The highest BCUT2D eigenvalue weighted by molar-refractivity contribution is 5.80. The van der Waals surface area contributed by atoms with Gasteiger partial charge in [0.1, 0.15) is 5.54 Å². The monoisotopic (exact) mass is 255 g/mol. The minimum atomic E-state index is -4.27. The third-order valence-electron chi connectivity index (χ3n) is 2.96. The Morgan fingerprint density at radius 1 is 1.47 bits per heavy atom. The molecule has 0 spiro atoms. The van der Waals surface area contributed by atoms with Crippen LogP contribution in [0.25, 0.3) is 0 Å². The van der Waals surface area contributed by atoms with Crippen LogP contribution in [0.3, 0.4) is 0 Å². The topological polar surface area (TPSA) is 58.6 Å². The maximum atomic E-state index is 11.9. The summed E-state index contributed by atoms with van der Waals surface area (Å²) >= 11 is 0. The Labute approximate surface area is 97.1 Å². The Bertz CT molecular complexity index is 278. The molecule has 1 atom stereocenters. The number of hydrogen-bond donors (Lipinski definition) is 2. The number of carboxylic acids is 1. The number of nitrogens with one attached hydrogen (secondary N) is 1. The molecule has 0 amide bonds. The van der Waals surface area contributed by atoms with Crippen molar-refractivity contribution in [3.05, 3.63) is 0 Å². The van der Waals surface area contributed by atoms with Crippen molar-refractivity contribution in [3.63, 3.8) is 0 Å². The van der Waals surface area contributed by atoms with Crippen molar-refractivity contribution in [3.8, 4) is 0 Å². The summed E-state index contributed by atoms with van der Waals surface area (Å²) < 4.78 is 40.5. The van der Waals surface area contributed by atoms with Crippen LogP contribution >= 0.6 is 0 Å². The first kappa shape index (κ1) is 14.2. The lowest BCUT2D eigenvalue weighted by Gasteiger charge is -2.28. The van der Waals surface area contributed by atoms with Crippen molar-refractivity contribution in [1.29, 1.82) is 0 Å². The van der Waals surface area contributed by atoms with E-state index in [1.807, 2.05) is 0 Å². The summed E-state index contributed by atoms with van der Waals surface area (Å²) in [5.74, 6) is -1.13. The lowest BCUT2D eigenvalue weighted by Crippen LogP contribution is -2.56. The van der Waals surface area contributed by atoms with E-state index < -0.39 is 30.7 Å². The smallest absolute Gasteiger partial charge is 0.391 e. The Kier molecular flexibility index (Phi) is 4.37. The maximum absolute atomic E-state index is 11.9. The number of ether oxygens (including phenoxy) is 1. The van der Waals surface area contributed by atoms with Gasteiger partial charge < -0.3 is 15.2 Å². The SMILES string of the molecule is CNC(COCCC(F)(F)F)(C(=O)O)C1CC1. The fourth-order valence-electron chi connectivity index (χ4n) is 1.73. The number of hydrogen-bond acceptors (Lipinski definition) is 3. The van der Waals surface area contributed by atoms with E-state index in [1.54, 1.807) is 0 Å². The summed E-state index contributed by atoms with van der Waals surface area (Å²) in [5.41, 5.74) is -1.24. The second-order valence-electron chi connectivity index (χ2n) is 4.22. The minimum absolute atomic E-state index is 0.0594. The number of carbonyl (C=O) groups is 1. The Hall–Kier alpha value is -0.820. The lowest BCUT2D eigenvalue weighted by atomic mass is 9.94. The van der Waals surface area contributed by atoms with Gasteiger partial charge in [-0.25, -0.2) is 0 Å². The molecule has 1 aliphatic carbocycles. The van der Waals surface area contributed by atoms with Gasteiger partial charge in [0, 0.05) is 0 Å². The molecule has 1 aliphatic rings. The predicted octanol–water partition coefficient (Wildman–Crippen LogP) is 1.41. The van der Waals surface area contributed by atoms with Gasteiger partial charge in [-0.1, -0.05) is 0 Å². The number of rotatable bonds is 7. The van der Waals surface area contributed by atoms with E-state index in [-0.39, 0.29) is 12.5 Å². The van der Waals surface area contributed by atoms with Gasteiger partial charge >= 0.3 is 12.1 Å². The van der Waals surface area contributed by atoms with E-state index >= 15 is 0 Å². The van der Waals surface area contributed by atoms with Crippen LogP contribution in [0.15, 0.2) is 0 Å². The van der Waals surface area contributed by atoms with Crippen LogP contribution in [0.1, 0.15) is 19.3 Å². The van der Waals surface area contributed by atoms with Gasteiger partial charge in [-0.05, 0) is 25.8 Å². The predicted molar refractivity (Wildman–Crippen MR) is 53.6 cm³/mol. The summed E-state index contributed by atoms with van der Waals surface area (Å²) in [6.07, 6.45) is -3.81. The molecule has 1 saturated carbocycles. The van der Waals surface area contributed by atoms with E-state index in [0.29, 0.717) is 0 Å². The van der Waals surface area contributed by atoms with Crippen LogP contribution in [0.2, 0.25) is 0 Å². The molecule has 0 aromatic carbocycles. The number of likely N-dealkylation sites (N-methyl/N-ethyl adjacent to an activating group) is 1. The van der Waals surface area contributed by atoms with E-state index in [2.05, 4.69) is 5.32 Å². The molecule has 0 saturated heterocycles. The van der Waals surface area contributed by atoms with Gasteiger partial charge in [-0.3, -0.25) is 4.79 Å². The van der Waals surface area contributed by atoms with Gasteiger partial charge in [-0.15, -0.1) is 0 Å². The van der Waals surface area contributed by atoms with Crippen molar-refractivity contribution in [1.82, 2.24) is 5.32 Å². The third-order valence-corrected chi connectivity index (χ3v) is 2.96. The summed E-state index contributed by atoms with van der Waals surface area (Å²) in [6.45, 7) is -0.744. The van der Waals surface area contributed by atoms with Gasteiger partial charge in [0.15, 0.2) is 0 Å². The normalized spacial score (nSPS) is 20.0. The summed E-state index contributed by atoms with van der Waals surface area (Å²) in [6, 6.07) is 0. The van der Waals surface area contributed by atoms with Crippen molar-refractivity contribution >= 4 is 5.97 Å². The fourth-order valence-corrected chi connectivity index (χ4v) is 1.73. The zero-order valence-corrected chi connectivity index (χ0v) is 9.51. The van der Waals surface area contributed by atoms with Gasteiger partial charge in [-0.2, -0.15) is 13.2 Å². The average Bonchev–Trinajstić information content (AvgIpc) is 3.00. The molecule has 100 valence electrons. The molecule has 0 bridgehead atoms. The zero-order chi connectivity index (χ0) is 13.1. The zero-order valence-electron chi connectivity index (χ0n) is 9.51. The molecule has 0 aromatic rings. The van der Waals surface area contributed by atoms with Crippen molar-refractivity contribution in [2.24, 2.45) is 5.92 Å². The highest BCUT2D eigenvalue weighted by Gasteiger charge is 2.50. The molecule has 17 heavy (non-hydrogen) atoms. The van der Waals surface area contributed by atoms with E-state index in [1.165, 1.54) is 7.05 Å². The Morgan fingerprint density at radius 3 is 2.41 bits per heavy atom. The Balaban J connectivity index is 2.42. The Morgan fingerprint density at radius 2 is 2.06 bits per heavy atom. The lowest BCUT2D eigenvalue weighted by molar-refractivity contribution is -0.154. The van der Waals surface area contributed by atoms with Crippen molar-refractivity contribution in [2.75, 3.05) is 20.3 Å². The van der Waals surface area contributed by atoms with E-state index in [0.717, 1.165) is 12.8 Å². The van der Waals surface area contributed by atoms with Gasteiger partial charge in [0.05, 0.1) is 19.6 Å². The first-order valence-corrected chi connectivity index (χ1v) is 5.38. The van der Waals surface area contributed by atoms with Gasteiger partial charge in [0.2, 0.25) is 0 Å². The molecule has 1 rings (SSSR count). The molecule has 1 unspecified atom stereocenters. The minimum Gasteiger partial charge on any atom is -0.480 e. The number of aliphatic carboxylic acids is 1. The molecule has 1 fully saturated rings. The number of carboxylic acid groups (broad SMARTS) is 1. The highest BCUT2D eigenvalue weighted by Crippen LogP contribution is 2.40. The standard InChI is InChI=1S/C10H16F3NO3/c1-14-9(8(15)16,7-2-3-7)6-17-5-4-10(11,12)13/h7,14H,2-6H2,1H3,(H,15,16). The largest absolute Gasteiger partial charge is 0.480 e. The summed E-state index contributed by atoms with van der Waals surface area (Å²) in [7, 11) is 1.49. The maximum Gasteiger partial charge on any atom is 0.391 e. The number of alkyl halides is 3. The van der Waals surface area contributed by atoms with Crippen LogP contribution in [-0.2, 0) is 9.53 Å². The summed E-state index contributed by atoms with van der Waals surface area (Å²) in [5, 5.41) is 11.8. The third kappa shape index (κ3) is 3.85. The second kappa shape index (κ2) is 5.22. The molecule has 4 nitrogen and oxygen atoms in total. The number of halogens is 3. The van der Waals surface area contributed by atoms with Crippen molar-refractivity contribution in [2.45, 2.75) is 31.0 Å². The summed E-state index contributed by atoms with van der Waals surface area (Å²) in [4.78, 5) is 11.2. The molecule has 0 aliphatic heterocycles. The molecule has 2 N–H and O–H groups in total. The molecular weight excluding hydrogens is 239 g/mol. The molecule has 7 heteroatoms. The molecule has 0 aromatic heterocycles. The van der Waals surface area contributed by atoms with Crippen LogP contribution in [-0.4, -0.2) is 43.1 Å². The van der Waals surface area contributed by atoms with Crippen LogP contribution < -0.4 is 5.32 Å². The highest BCUT2D eigenvalue weighted by atomic mass is 19.4. The first-order valence-electron chi connectivity index (χ1n) is 5.38. The van der Waals surface area contributed by atoms with E-state index in [9.17, 15) is 18.0 Å². The van der Waals surface area contributed by atoms with Crippen LogP contribution in [0.5, 0.6) is 0 Å². The van der Waals surface area contributed by atoms with Gasteiger partial charge in [0.25, 0.3) is 0 Å². The van der Waals surface area contributed by atoms with Crippen LogP contribution in [0.4, 0.5) is 13.2 Å². The average molecular weight is 255 g/mol.